The van der Waals surface area contributed by atoms with E-state index < -0.39 is 0 Å². The highest BCUT2D eigenvalue weighted by Gasteiger charge is 2.11. The molecule has 0 unspecified atom stereocenters. The van der Waals surface area contributed by atoms with Crippen LogP contribution in [0.4, 0.5) is 5.82 Å². The van der Waals surface area contributed by atoms with Crippen LogP contribution in [0, 0.1) is 0 Å². The van der Waals surface area contributed by atoms with Crippen molar-refractivity contribution in [3.8, 4) is 17.0 Å². The summed E-state index contributed by atoms with van der Waals surface area (Å²) in [4.78, 5) is 0. The maximum absolute atomic E-state index is 8.91. The number of benzene rings is 1. The van der Waals surface area contributed by atoms with E-state index in [9.17, 15) is 0 Å². The second-order valence-corrected chi connectivity index (χ2v) is 4.66. The summed E-state index contributed by atoms with van der Waals surface area (Å²) in [5.74, 6) is 1.24. The van der Waals surface area contributed by atoms with Gasteiger partial charge in [0.05, 0.1) is 26.0 Å². The Kier molecular flexibility index (Phi) is 3.88. The van der Waals surface area contributed by atoms with E-state index in [4.69, 9.17) is 15.6 Å². The van der Waals surface area contributed by atoms with Gasteiger partial charge in [0.2, 0.25) is 0 Å². The molecule has 0 bridgehead atoms. The fraction of sp³-hybridized carbons (Fsp3) is 0.250. The van der Waals surface area contributed by atoms with E-state index in [0.29, 0.717) is 12.4 Å². The molecule has 1 aromatic heterocycles. The third kappa shape index (κ3) is 2.49. The number of hydrogen-bond acceptors (Lipinski definition) is 4. The van der Waals surface area contributed by atoms with Crippen LogP contribution in [0.1, 0.15) is 0 Å². The summed E-state index contributed by atoms with van der Waals surface area (Å²) in [7, 11) is 1.61. The summed E-state index contributed by atoms with van der Waals surface area (Å²) in [5, 5.41) is 13.3. The molecule has 1 aromatic carbocycles. The number of hydrogen-bond donors (Lipinski definition) is 2. The molecule has 18 heavy (non-hydrogen) atoms. The number of aromatic nitrogens is 2. The van der Waals surface area contributed by atoms with Crippen LogP contribution in [0.5, 0.6) is 5.75 Å². The molecule has 0 atom stereocenters. The number of rotatable bonds is 4. The number of halogens is 1. The number of anilines is 1. The zero-order valence-corrected chi connectivity index (χ0v) is 11.5. The van der Waals surface area contributed by atoms with Gasteiger partial charge in [0, 0.05) is 16.1 Å². The Labute approximate surface area is 113 Å². The highest BCUT2D eigenvalue weighted by molar-refractivity contribution is 9.10. The quantitative estimate of drug-likeness (QED) is 0.904. The minimum absolute atomic E-state index is 0.00277. The predicted molar refractivity (Wildman–Crippen MR) is 73.4 cm³/mol. The number of aliphatic hydroxyl groups is 1. The van der Waals surface area contributed by atoms with E-state index in [-0.39, 0.29) is 6.61 Å². The van der Waals surface area contributed by atoms with Crippen molar-refractivity contribution >= 4 is 21.7 Å². The number of nitrogens with two attached hydrogens (primary N) is 1. The van der Waals surface area contributed by atoms with Gasteiger partial charge in [0.15, 0.2) is 0 Å². The van der Waals surface area contributed by atoms with Crippen LogP contribution < -0.4 is 10.5 Å². The molecule has 0 radical (unpaired) electrons. The van der Waals surface area contributed by atoms with E-state index in [1.165, 1.54) is 0 Å². The molecule has 3 N–H and O–H groups in total. The second-order valence-electron chi connectivity index (χ2n) is 3.75. The lowest BCUT2D eigenvalue weighted by Gasteiger charge is -2.06. The average molecular weight is 312 g/mol. The molecular formula is C12H14BrN3O2. The van der Waals surface area contributed by atoms with E-state index in [1.807, 2.05) is 18.2 Å². The molecule has 0 fully saturated rings. The maximum Gasteiger partial charge on any atom is 0.129 e. The first kappa shape index (κ1) is 12.9. The van der Waals surface area contributed by atoms with Crippen molar-refractivity contribution in [3.63, 3.8) is 0 Å². The molecule has 0 aliphatic rings. The van der Waals surface area contributed by atoms with Crippen molar-refractivity contribution in [1.82, 2.24) is 9.78 Å². The molecule has 2 aromatic rings. The van der Waals surface area contributed by atoms with E-state index in [2.05, 4.69) is 21.0 Å². The lowest BCUT2D eigenvalue weighted by atomic mass is 10.1. The van der Waals surface area contributed by atoms with Crippen LogP contribution in [-0.2, 0) is 6.54 Å². The second kappa shape index (κ2) is 5.41. The van der Waals surface area contributed by atoms with Gasteiger partial charge < -0.3 is 15.6 Å². The molecule has 0 amide bonds. The Morgan fingerprint density at radius 2 is 2.22 bits per heavy atom. The van der Waals surface area contributed by atoms with Crippen LogP contribution in [0.2, 0.25) is 0 Å². The molecule has 0 saturated heterocycles. The first-order valence-corrected chi connectivity index (χ1v) is 6.23. The molecule has 0 aliphatic heterocycles. The Balaban J connectivity index is 2.45. The van der Waals surface area contributed by atoms with Crippen LogP contribution >= 0.6 is 15.9 Å². The lowest BCUT2D eigenvalue weighted by Crippen LogP contribution is -2.07. The Hall–Kier alpha value is -1.53. The van der Waals surface area contributed by atoms with Crippen molar-refractivity contribution in [2.45, 2.75) is 6.54 Å². The third-order valence-corrected chi connectivity index (χ3v) is 3.06. The smallest absolute Gasteiger partial charge is 0.129 e. The number of nitrogen functional groups attached to an aromatic ring is 1. The van der Waals surface area contributed by atoms with Crippen molar-refractivity contribution < 1.29 is 9.84 Å². The molecule has 0 saturated carbocycles. The molecule has 0 spiro atoms. The van der Waals surface area contributed by atoms with E-state index in [1.54, 1.807) is 17.9 Å². The molecular weight excluding hydrogens is 298 g/mol. The minimum atomic E-state index is 0.00277. The van der Waals surface area contributed by atoms with Gasteiger partial charge >= 0.3 is 0 Å². The van der Waals surface area contributed by atoms with E-state index in [0.717, 1.165) is 21.5 Å². The molecule has 0 aliphatic carbocycles. The van der Waals surface area contributed by atoms with Crippen molar-refractivity contribution in [2.75, 3.05) is 19.5 Å². The first-order valence-electron chi connectivity index (χ1n) is 5.44. The predicted octanol–water partition coefficient (Wildman–Crippen LogP) is 1.90. The Morgan fingerprint density at radius 1 is 1.44 bits per heavy atom. The van der Waals surface area contributed by atoms with Crippen LogP contribution in [0.3, 0.4) is 0 Å². The summed E-state index contributed by atoms with van der Waals surface area (Å²) >= 11 is 3.39. The summed E-state index contributed by atoms with van der Waals surface area (Å²) in [5.41, 5.74) is 7.42. The largest absolute Gasteiger partial charge is 0.496 e. The lowest BCUT2D eigenvalue weighted by molar-refractivity contribution is 0.270. The number of ether oxygens (including phenoxy) is 1. The van der Waals surface area contributed by atoms with Crippen LogP contribution in [0.25, 0.3) is 11.3 Å². The van der Waals surface area contributed by atoms with Crippen molar-refractivity contribution in [3.05, 3.63) is 28.7 Å². The Morgan fingerprint density at radius 3 is 2.89 bits per heavy atom. The van der Waals surface area contributed by atoms with Gasteiger partial charge in [-0.3, -0.25) is 0 Å². The standard InChI is InChI=1S/C12H14BrN3O2/c1-18-11-6-8(13)2-3-9(11)10-7-12(14)16(15-10)4-5-17/h2-3,6-7,17H,4-5,14H2,1H3. The van der Waals surface area contributed by atoms with Gasteiger partial charge in [0.25, 0.3) is 0 Å². The van der Waals surface area contributed by atoms with E-state index >= 15 is 0 Å². The fourth-order valence-corrected chi connectivity index (χ4v) is 2.05. The van der Waals surface area contributed by atoms with Crippen molar-refractivity contribution in [1.29, 1.82) is 0 Å². The molecule has 5 nitrogen and oxygen atoms in total. The van der Waals surface area contributed by atoms with Gasteiger partial charge in [0.1, 0.15) is 11.6 Å². The fourth-order valence-electron chi connectivity index (χ4n) is 1.71. The SMILES string of the molecule is COc1cc(Br)ccc1-c1cc(N)n(CCO)n1. The van der Waals surface area contributed by atoms with Crippen LogP contribution in [0.15, 0.2) is 28.7 Å². The molecule has 1 heterocycles. The highest BCUT2D eigenvalue weighted by Crippen LogP contribution is 2.32. The minimum Gasteiger partial charge on any atom is -0.496 e. The first-order chi connectivity index (χ1) is 8.65. The maximum atomic E-state index is 8.91. The van der Waals surface area contributed by atoms with Crippen LogP contribution in [-0.4, -0.2) is 28.6 Å². The van der Waals surface area contributed by atoms with Gasteiger partial charge in [-0.2, -0.15) is 5.10 Å². The third-order valence-electron chi connectivity index (χ3n) is 2.56. The normalized spacial score (nSPS) is 10.6. The zero-order chi connectivity index (χ0) is 13.1. The number of nitrogens with zero attached hydrogens (tertiary/aromatic N) is 2. The Bertz CT molecular complexity index is 554. The monoisotopic (exact) mass is 311 g/mol. The van der Waals surface area contributed by atoms with Crippen molar-refractivity contribution in [2.24, 2.45) is 0 Å². The topological polar surface area (TPSA) is 73.3 Å². The van der Waals surface area contributed by atoms with Gasteiger partial charge in [-0.05, 0) is 18.2 Å². The summed E-state index contributed by atoms with van der Waals surface area (Å²) in [6.07, 6.45) is 0. The highest BCUT2D eigenvalue weighted by atomic mass is 79.9. The molecule has 2 rings (SSSR count). The summed E-state index contributed by atoms with van der Waals surface area (Å²) in [6.45, 7) is 0.382. The summed E-state index contributed by atoms with van der Waals surface area (Å²) < 4.78 is 7.82. The number of aliphatic hydroxyl groups excluding tert-OH is 1. The number of methoxy groups -OCH3 is 1. The average Bonchev–Trinajstić information content (AvgIpc) is 2.71. The molecule has 96 valence electrons. The van der Waals surface area contributed by atoms with Gasteiger partial charge in [-0.25, -0.2) is 4.68 Å². The van der Waals surface area contributed by atoms with Gasteiger partial charge in [-0.1, -0.05) is 15.9 Å². The zero-order valence-electron chi connectivity index (χ0n) is 9.93. The summed E-state index contributed by atoms with van der Waals surface area (Å²) in [6, 6.07) is 7.46. The molecule has 6 heteroatoms. The van der Waals surface area contributed by atoms with Gasteiger partial charge in [-0.15, -0.1) is 0 Å².